The lowest BCUT2D eigenvalue weighted by molar-refractivity contribution is -0.911. The number of unbranched alkanes of at least 4 members (excludes halogenated alkanes) is 6. The molecule has 0 amide bonds. The summed E-state index contributed by atoms with van der Waals surface area (Å²) < 4.78 is 0. The van der Waals surface area contributed by atoms with Crippen LogP contribution in [0.5, 0.6) is 0 Å². The van der Waals surface area contributed by atoms with Gasteiger partial charge < -0.3 is 4.90 Å². The Labute approximate surface area is 183 Å². The van der Waals surface area contributed by atoms with Crippen LogP contribution < -0.4 is 4.90 Å². The first-order chi connectivity index (χ1) is 14.2. The molecule has 2 heteroatoms. The minimum atomic E-state index is 0.834. The van der Waals surface area contributed by atoms with Crippen molar-refractivity contribution in [3.8, 4) is 0 Å². The lowest BCUT2D eigenvalue weighted by atomic mass is 10.1. The largest absolute Gasteiger partial charge is 0.331 e. The Morgan fingerprint density at radius 1 is 0.862 bits per heavy atom. The summed E-state index contributed by atoms with van der Waals surface area (Å²) in [7, 11) is 0. The Morgan fingerprint density at radius 3 is 2.34 bits per heavy atom. The van der Waals surface area contributed by atoms with E-state index in [9.17, 15) is 0 Å². The van der Waals surface area contributed by atoms with Crippen LogP contribution in [0.15, 0.2) is 54.6 Å². The van der Waals surface area contributed by atoms with Crippen LogP contribution in [0.3, 0.4) is 0 Å². The van der Waals surface area contributed by atoms with Gasteiger partial charge in [-0.1, -0.05) is 99.2 Å². The first kappa shape index (κ1) is 23.7. The van der Waals surface area contributed by atoms with Crippen molar-refractivity contribution in [2.45, 2.75) is 71.8 Å². The number of rotatable bonds is 14. The first-order valence-corrected chi connectivity index (χ1v) is 11.9. The third-order valence-corrected chi connectivity index (χ3v) is 5.86. The molecule has 0 bridgehead atoms. The highest BCUT2D eigenvalue weighted by molar-refractivity contribution is 6.30. The van der Waals surface area contributed by atoms with E-state index in [1.54, 1.807) is 4.90 Å². The maximum Gasteiger partial charge on any atom is 0.103 e. The fourth-order valence-electron chi connectivity index (χ4n) is 3.70. The molecule has 0 fully saturated rings. The molecule has 158 valence electrons. The van der Waals surface area contributed by atoms with E-state index in [0.717, 1.165) is 31.1 Å². The van der Waals surface area contributed by atoms with Gasteiger partial charge in [0.05, 0.1) is 13.1 Å². The molecule has 0 saturated heterocycles. The van der Waals surface area contributed by atoms with Crippen molar-refractivity contribution in [2.75, 3.05) is 13.1 Å². The molecule has 2 aromatic rings. The molecule has 1 nitrogen and oxygen atoms in total. The van der Waals surface area contributed by atoms with Crippen molar-refractivity contribution in [3.63, 3.8) is 0 Å². The van der Waals surface area contributed by atoms with Crippen LogP contribution in [-0.4, -0.2) is 13.1 Å². The molecule has 0 aliphatic carbocycles. The summed E-state index contributed by atoms with van der Waals surface area (Å²) in [5.41, 5.74) is 4.06. The van der Waals surface area contributed by atoms with Crippen LogP contribution in [-0.2, 0) is 13.0 Å². The predicted molar refractivity (Wildman–Crippen MR) is 129 cm³/mol. The molecular weight excluding hydrogens is 374 g/mol. The highest BCUT2D eigenvalue weighted by Crippen LogP contribution is 2.11. The number of nitrogens with one attached hydrogen (secondary N) is 1. The number of hydrogen-bond acceptors (Lipinski definition) is 0. The molecule has 2 aromatic carbocycles. The molecule has 1 atom stereocenters. The summed E-state index contributed by atoms with van der Waals surface area (Å²) in [6.07, 6.45) is 15.1. The van der Waals surface area contributed by atoms with E-state index in [2.05, 4.69) is 62.4 Å². The molecule has 1 N–H and O–H groups in total. The van der Waals surface area contributed by atoms with Crippen LogP contribution in [0.25, 0.3) is 6.08 Å². The highest BCUT2D eigenvalue weighted by Gasteiger charge is 2.08. The Balaban J connectivity index is 1.71. The van der Waals surface area contributed by atoms with E-state index >= 15 is 0 Å². The summed E-state index contributed by atoms with van der Waals surface area (Å²) >= 11 is 6.11. The smallest absolute Gasteiger partial charge is 0.103 e. The molecule has 1 unspecified atom stereocenters. The zero-order chi connectivity index (χ0) is 20.7. The Bertz CT molecular complexity index is 705. The molecule has 0 aromatic heterocycles. The van der Waals surface area contributed by atoms with Gasteiger partial charge in [-0.15, -0.1) is 0 Å². The fourth-order valence-corrected chi connectivity index (χ4v) is 3.91. The van der Waals surface area contributed by atoms with Gasteiger partial charge in [0, 0.05) is 17.0 Å². The van der Waals surface area contributed by atoms with Gasteiger partial charge in [0.25, 0.3) is 0 Å². The van der Waals surface area contributed by atoms with Crippen molar-refractivity contribution < 1.29 is 4.90 Å². The van der Waals surface area contributed by atoms with Gasteiger partial charge >= 0.3 is 0 Å². The van der Waals surface area contributed by atoms with Crippen molar-refractivity contribution in [1.82, 2.24) is 0 Å². The van der Waals surface area contributed by atoms with E-state index in [-0.39, 0.29) is 0 Å². The first-order valence-electron chi connectivity index (χ1n) is 11.5. The number of halogens is 1. The molecule has 2 rings (SSSR count). The minimum absolute atomic E-state index is 0.834. The number of allylic oxidation sites excluding steroid dienone is 1. The van der Waals surface area contributed by atoms with Crippen LogP contribution in [0.2, 0.25) is 5.02 Å². The SMILES string of the molecule is CCCCCCCC/C=C\c1ccc(C[NH+](CC)CCc2cccc(Cl)c2)cc1. The quantitative estimate of drug-likeness (QED) is 0.327. The molecule has 0 aliphatic rings. The van der Waals surface area contributed by atoms with Crippen LogP contribution in [0.1, 0.15) is 75.5 Å². The summed E-state index contributed by atoms with van der Waals surface area (Å²) in [6.45, 7) is 7.90. The molecule has 0 spiro atoms. The van der Waals surface area contributed by atoms with E-state index in [1.165, 1.54) is 61.6 Å². The zero-order valence-corrected chi connectivity index (χ0v) is 19.2. The van der Waals surface area contributed by atoms with Crippen molar-refractivity contribution in [1.29, 1.82) is 0 Å². The molecule has 0 radical (unpaired) electrons. The van der Waals surface area contributed by atoms with Gasteiger partial charge in [-0.25, -0.2) is 0 Å². The van der Waals surface area contributed by atoms with Crippen LogP contribution in [0, 0.1) is 0 Å². The standard InChI is InChI=1S/C27H38ClN/c1-3-5-6-7-8-9-10-11-13-24-16-18-26(19-17-24)23-29(4-2)21-20-25-14-12-15-27(28)22-25/h11-19,22H,3-10,20-21,23H2,1-2H3/p+1/b13-11-. The van der Waals surface area contributed by atoms with E-state index in [1.807, 2.05) is 12.1 Å². The summed E-state index contributed by atoms with van der Waals surface area (Å²) in [5.74, 6) is 0. The molecule has 0 aliphatic heterocycles. The average Bonchev–Trinajstić information content (AvgIpc) is 2.74. The van der Waals surface area contributed by atoms with Crippen LogP contribution >= 0.6 is 11.6 Å². The molecular formula is C27H39ClN+. The number of benzene rings is 2. The second-order valence-electron chi connectivity index (χ2n) is 8.11. The lowest BCUT2D eigenvalue weighted by Gasteiger charge is -2.18. The third-order valence-electron chi connectivity index (χ3n) is 5.62. The zero-order valence-electron chi connectivity index (χ0n) is 18.4. The monoisotopic (exact) mass is 412 g/mol. The molecule has 0 saturated carbocycles. The minimum Gasteiger partial charge on any atom is -0.331 e. The fraction of sp³-hybridized carbons (Fsp3) is 0.481. The maximum absolute atomic E-state index is 6.11. The Hall–Kier alpha value is -1.57. The van der Waals surface area contributed by atoms with E-state index in [4.69, 9.17) is 11.6 Å². The normalized spacial score (nSPS) is 12.5. The molecule has 0 heterocycles. The van der Waals surface area contributed by atoms with Crippen molar-refractivity contribution in [3.05, 3.63) is 76.3 Å². The molecule has 29 heavy (non-hydrogen) atoms. The van der Waals surface area contributed by atoms with Gasteiger partial charge in [0.15, 0.2) is 0 Å². The highest BCUT2D eigenvalue weighted by atomic mass is 35.5. The van der Waals surface area contributed by atoms with Crippen LogP contribution in [0.4, 0.5) is 0 Å². The Morgan fingerprint density at radius 2 is 1.62 bits per heavy atom. The third kappa shape index (κ3) is 10.1. The van der Waals surface area contributed by atoms with Crippen molar-refractivity contribution in [2.24, 2.45) is 0 Å². The summed E-state index contributed by atoms with van der Waals surface area (Å²) in [4.78, 5) is 1.61. The average molecular weight is 413 g/mol. The van der Waals surface area contributed by atoms with E-state index < -0.39 is 0 Å². The second kappa shape index (κ2) is 14.4. The second-order valence-corrected chi connectivity index (χ2v) is 8.55. The van der Waals surface area contributed by atoms with E-state index in [0.29, 0.717) is 0 Å². The van der Waals surface area contributed by atoms with Gasteiger partial charge in [-0.2, -0.15) is 0 Å². The van der Waals surface area contributed by atoms with Gasteiger partial charge in [-0.05, 0) is 43.0 Å². The topological polar surface area (TPSA) is 4.44 Å². The lowest BCUT2D eigenvalue weighted by Crippen LogP contribution is -3.10. The van der Waals surface area contributed by atoms with Gasteiger partial charge in [0.2, 0.25) is 0 Å². The summed E-state index contributed by atoms with van der Waals surface area (Å²) in [5, 5.41) is 0.834. The number of likely N-dealkylation sites (N-methyl/N-ethyl adjacent to an activating group) is 1. The number of hydrogen-bond donors (Lipinski definition) is 1. The Kier molecular flexibility index (Phi) is 11.8. The predicted octanol–water partition coefficient (Wildman–Crippen LogP) is 6.75. The maximum atomic E-state index is 6.11. The summed E-state index contributed by atoms with van der Waals surface area (Å²) in [6, 6.07) is 17.3. The number of quaternary nitrogens is 1. The van der Waals surface area contributed by atoms with Gasteiger partial charge in [-0.3, -0.25) is 0 Å². The van der Waals surface area contributed by atoms with Crippen molar-refractivity contribution >= 4 is 17.7 Å². The van der Waals surface area contributed by atoms with Gasteiger partial charge in [0.1, 0.15) is 6.54 Å².